The summed E-state index contributed by atoms with van der Waals surface area (Å²) in [7, 11) is 0. The highest BCUT2D eigenvalue weighted by atomic mass is 19.1. The molecule has 0 atom stereocenters. The van der Waals surface area contributed by atoms with E-state index >= 15 is 0 Å². The van der Waals surface area contributed by atoms with E-state index in [-0.39, 0.29) is 12.0 Å². The Bertz CT molecular complexity index is 446. The van der Waals surface area contributed by atoms with E-state index in [0.717, 1.165) is 0 Å². The molecule has 106 valence electrons. The molecule has 0 spiro atoms. The van der Waals surface area contributed by atoms with Gasteiger partial charge >= 0.3 is 0 Å². The van der Waals surface area contributed by atoms with Crippen molar-refractivity contribution in [1.82, 2.24) is 5.32 Å². The molecular weight excluding hydrogens is 257 g/mol. The average Bonchev–Trinajstić information content (AvgIpc) is 2.21. The molecule has 0 aliphatic heterocycles. The predicted octanol–water partition coefficient (Wildman–Crippen LogP) is 2.82. The largest absolute Gasteiger partial charge is 0.321 e. The van der Waals surface area contributed by atoms with Crippen LogP contribution in [0.3, 0.4) is 0 Å². The molecule has 0 saturated heterocycles. The second-order valence-corrected chi connectivity index (χ2v) is 5.22. The molecule has 0 saturated carbocycles. The second kappa shape index (κ2) is 6.06. The summed E-state index contributed by atoms with van der Waals surface area (Å²) in [5, 5.41) is 5.16. The lowest BCUT2D eigenvalue weighted by Gasteiger charge is -2.20. The molecule has 0 aliphatic rings. The summed E-state index contributed by atoms with van der Waals surface area (Å²) in [5.74, 6) is -3.83. The van der Waals surface area contributed by atoms with Crippen LogP contribution in [0.15, 0.2) is 12.1 Å². The number of hydrogen-bond acceptors (Lipinski definition) is 2. The summed E-state index contributed by atoms with van der Waals surface area (Å²) in [6.45, 7) is 6.18. The van der Waals surface area contributed by atoms with Crippen molar-refractivity contribution in [1.29, 1.82) is 0 Å². The van der Waals surface area contributed by atoms with Crippen molar-refractivity contribution in [2.75, 3.05) is 11.9 Å². The maximum Gasteiger partial charge on any atom is 0.225 e. The minimum absolute atomic E-state index is 0.0630. The molecule has 6 heteroatoms. The number of hydrogen-bond donors (Lipinski definition) is 2. The van der Waals surface area contributed by atoms with Gasteiger partial charge in [0, 0.05) is 30.6 Å². The first kappa shape index (κ1) is 15.5. The van der Waals surface area contributed by atoms with Crippen molar-refractivity contribution in [2.24, 2.45) is 0 Å². The summed E-state index contributed by atoms with van der Waals surface area (Å²) in [5.41, 5.74) is -0.769. The monoisotopic (exact) mass is 274 g/mol. The molecule has 0 aromatic heterocycles. The van der Waals surface area contributed by atoms with E-state index in [4.69, 9.17) is 0 Å². The van der Waals surface area contributed by atoms with Gasteiger partial charge in [0.05, 0.1) is 0 Å². The number of carbonyl (C=O) groups is 1. The summed E-state index contributed by atoms with van der Waals surface area (Å²) in [6.07, 6.45) is 0.0630. The van der Waals surface area contributed by atoms with Crippen LogP contribution in [0.2, 0.25) is 0 Å². The zero-order chi connectivity index (χ0) is 14.6. The number of amides is 1. The Labute approximate surface area is 110 Å². The Morgan fingerprint density at radius 3 is 2.16 bits per heavy atom. The number of carbonyl (C=O) groups excluding carboxylic acids is 1. The maximum absolute atomic E-state index is 13.3. The SMILES string of the molecule is CC(C)(C)NCCC(=O)Nc1c(F)cc(F)cc1F. The molecule has 3 nitrogen and oxygen atoms in total. The van der Waals surface area contributed by atoms with Gasteiger partial charge in [-0.25, -0.2) is 13.2 Å². The Balaban J connectivity index is 2.58. The van der Waals surface area contributed by atoms with E-state index in [1.807, 2.05) is 20.8 Å². The second-order valence-electron chi connectivity index (χ2n) is 5.22. The third kappa shape index (κ3) is 5.30. The van der Waals surface area contributed by atoms with Crippen molar-refractivity contribution in [2.45, 2.75) is 32.7 Å². The summed E-state index contributed by atoms with van der Waals surface area (Å²) in [6, 6.07) is 1.04. The van der Waals surface area contributed by atoms with Crippen LogP contribution in [0.5, 0.6) is 0 Å². The Kier molecular flexibility index (Phi) is 4.94. The highest BCUT2D eigenvalue weighted by molar-refractivity contribution is 5.91. The molecule has 0 radical (unpaired) electrons. The first-order valence-corrected chi connectivity index (χ1v) is 5.88. The van der Waals surface area contributed by atoms with E-state index in [1.54, 1.807) is 0 Å². The molecule has 2 N–H and O–H groups in total. The van der Waals surface area contributed by atoms with Gasteiger partial charge in [0.15, 0.2) is 11.6 Å². The molecule has 0 bridgehead atoms. The van der Waals surface area contributed by atoms with Gasteiger partial charge in [-0.15, -0.1) is 0 Å². The third-order valence-corrected chi connectivity index (χ3v) is 2.28. The quantitative estimate of drug-likeness (QED) is 0.886. The molecule has 0 aliphatic carbocycles. The van der Waals surface area contributed by atoms with Gasteiger partial charge in [-0.2, -0.15) is 0 Å². The van der Waals surface area contributed by atoms with Crippen LogP contribution < -0.4 is 10.6 Å². The molecule has 1 rings (SSSR count). The molecule has 0 heterocycles. The predicted molar refractivity (Wildman–Crippen MR) is 67.3 cm³/mol. The highest BCUT2D eigenvalue weighted by Gasteiger charge is 2.15. The first-order valence-electron chi connectivity index (χ1n) is 5.88. The lowest BCUT2D eigenvalue weighted by molar-refractivity contribution is -0.116. The van der Waals surface area contributed by atoms with E-state index in [0.29, 0.717) is 18.7 Å². The van der Waals surface area contributed by atoms with Gasteiger partial charge < -0.3 is 10.6 Å². The zero-order valence-electron chi connectivity index (χ0n) is 11.1. The van der Waals surface area contributed by atoms with Gasteiger partial charge in [0.1, 0.15) is 11.5 Å². The summed E-state index contributed by atoms with van der Waals surface area (Å²) >= 11 is 0. The van der Waals surface area contributed by atoms with Gasteiger partial charge in [-0.1, -0.05) is 0 Å². The van der Waals surface area contributed by atoms with Crippen molar-refractivity contribution in [3.05, 3.63) is 29.6 Å². The van der Waals surface area contributed by atoms with Gasteiger partial charge in [0.2, 0.25) is 5.91 Å². The Morgan fingerprint density at radius 1 is 1.16 bits per heavy atom. The number of halogens is 3. The molecular formula is C13H17F3N2O. The molecule has 19 heavy (non-hydrogen) atoms. The van der Waals surface area contributed by atoms with Crippen molar-refractivity contribution in [3.8, 4) is 0 Å². The molecule has 0 fully saturated rings. The van der Waals surface area contributed by atoms with Crippen LogP contribution in [0.1, 0.15) is 27.2 Å². The van der Waals surface area contributed by atoms with Crippen LogP contribution in [0.4, 0.5) is 18.9 Å². The Morgan fingerprint density at radius 2 is 1.68 bits per heavy atom. The van der Waals surface area contributed by atoms with E-state index < -0.39 is 29.0 Å². The van der Waals surface area contributed by atoms with Crippen LogP contribution >= 0.6 is 0 Å². The molecule has 1 amide bonds. The fraction of sp³-hybridized carbons (Fsp3) is 0.462. The average molecular weight is 274 g/mol. The molecule has 1 aromatic rings. The minimum Gasteiger partial charge on any atom is -0.321 e. The fourth-order valence-corrected chi connectivity index (χ4v) is 1.41. The lowest BCUT2D eigenvalue weighted by atomic mass is 10.1. The van der Waals surface area contributed by atoms with E-state index in [2.05, 4.69) is 10.6 Å². The van der Waals surface area contributed by atoms with Crippen molar-refractivity contribution in [3.63, 3.8) is 0 Å². The lowest BCUT2D eigenvalue weighted by Crippen LogP contribution is -2.37. The van der Waals surface area contributed by atoms with Crippen LogP contribution in [0.25, 0.3) is 0 Å². The van der Waals surface area contributed by atoms with Crippen molar-refractivity contribution < 1.29 is 18.0 Å². The summed E-state index contributed by atoms with van der Waals surface area (Å²) in [4.78, 5) is 11.5. The number of benzene rings is 1. The topological polar surface area (TPSA) is 41.1 Å². The van der Waals surface area contributed by atoms with Crippen LogP contribution in [-0.4, -0.2) is 18.0 Å². The highest BCUT2D eigenvalue weighted by Crippen LogP contribution is 2.20. The standard InChI is InChI=1S/C13H17F3N2O/c1-13(2,3)17-5-4-11(19)18-12-9(15)6-8(14)7-10(12)16/h6-7,17H,4-5H2,1-3H3,(H,18,19). The first-order chi connectivity index (χ1) is 8.69. The van der Waals surface area contributed by atoms with Gasteiger partial charge in [-0.05, 0) is 20.8 Å². The van der Waals surface area contributed by atoms with Gasteiger partial charge in [-0.3, -0.25) is 4.79 Å². The van der Waals surface area contributed by atoms with Crippen LogP contribution in [-0.2, 0) is 4.79 Å². The number of anilines is 1. The van der Waals surface area contributed by atoms with Crippen molar-refractivity contribution >= 4 is 11.6 Å². The number of rotatable bonds is 4. The number of nitrogens with one attached hydrogen (secondary N) is 2. The maximum atomic E-state index is 13.3. The molecule has 0 unspecified atom stereocenters. The Hall–Kier alpha value is -1.56. The van der Waals surface area contributed by atoms with Crippen LogP contribution in [0, 0.1) is 17.5 Å². The van der Waals surface area contributed by atoms with Gasteiger partial charge in [0.25, 0.3) is 0 Å². The molecule has 1 aromatic carbocycles. The third-order valence-electron chi connectivity index (χ3n) is 2.28. The van der Waals surface area contributed by atoms with E-state index in [1.165, 1.54) is 0 Å². The fourth-order valence-electron chi connectivity index (χ4n) is 1.41. The minimum atomic E-state index is -1.13. The smallest absolute Gasteiger partial charge is 0.225 e. The summed E-state index contributed by atoms with van der Waals surface area (Å²) < 4.78 is 39.2. The zero-order valence-corrected chi connectivity index (χ0v) is 11.1. The van der Waals surface area contributed by atoms with E-state index in [9.17, 15) is 18.0 Å². The normalized spacial score (nSPS) is 11.5.